The van der Waals surface area contributed by atoms with Crippen LogP contribution in [-0.4, -0.2) is 23.3 Å². The third-order valence-corrected chi connectivity index (χ3v) is 4.52. The number of likely N-dealkylation sites (tertiary alicyclic amines) is 1. The van der Waals surface area contributed by atoms with E-state index in [1.165, 1.54) is 11.1 Å². The summed E-state index contributed by atoms with van der Waals surface area (Å²) >= 11 is 0. The molecule has 1 aliphatic carbocycles. The molecule has 3 nitrogen and oxygen atoms in total. The number of fused-ring (bicyclic) bond motifs is 1. The van der Waals surface area contributed by atoms with Crippen LogP contribution in [0.5, 0.6) is 0 Å². The first-order valence-electron chi connectivity index (χ1n) is 7.47. The predicted molar refractivity (Wildman–Crippen MR) is 80.1 cm³/mol. The summed E-state index contributed by atoms with van der Waals surface area (Å²) in [5.41, 5.74) is 2.91. The molecular weight excluding hydrogens is 246 g/mol. The SMILES string of the molecule is CCC1[CH]CCN(C2Cc3ccccc3C2)C1=NC#N. The maximum atomic E-state index is 8.99. The van der Waals surface area contributed by atoms with Crippen molar-refractivity contribution in [1.29, 1.82) is 5.26 Å². The average molecular weight is 266 g/mol. The molecule has 103 valence electrons. The van der Waals surface area contributed by atoms with Gasteiger partial charge in [0, 0.05) is 18.5 Å². The molecule has 1 aromatic carbocycles. The highest BCUT2D eigenvalue weighted by Gasteiger charge is 2.33. The van der Waals surface area contributed by atoms with E-state index in [0.717, 1.165) is 38.1 Å². The van der Waals surface area contributed by atoms with Gasteiger partial charge in [-0.3, -0.25) is 0 Å². The number of nitrogens with zero attached hydrogens (tertiary/aromatic N) is 3. The van der Waals surface area contributed by atoms with E-state index >= 15 is 0 Å². The Hall–Kier alpha value is -1.82. The Balaban J connectivity index is 1.83. The zero-order valence-corrected chi connectivity index (χ0v) is 11.9. The van der Waals surface area contributed by atoms with Crippen LogP contribution in [-0.2, 0) is 12.8 Å². The molecule has 0 saturated carbocycles. The molecule has 0 bridgehead atoms. The van der Waals surface area contributed by atoms with E-state index in [2.05, 4.69) is 47.5 Å². The summed E-state index contributed by atoms with van der Waals surface area (Å²) in [4.78, 5) is 6.53. The summed E-state index contributed by atoms with van der Waals surface area (Å²) in [5, 5.41) is 8.99. The van der Waals surface area contributed by atoms with Crippen molar-refractivity contribution in [2.24, 2.45) is 10.9 Å². The Labute approximate surface area is 120 Å². The Morgan fingerprint density at radius 1 is 1.30 bits per heavy atom. The first kappa shape index (κ1) is 13.2. The molecule has 1 saturated heterocycles. The van der Waals surface area contributed by atoms with Crippen molar-refractivity contribution >= 4 is 5.84 Å². The van der Waals surface area contributed by atoms with Crippen molar-refractivity contribution in [3.05, 3.63) is 41.8 Å². The minimum absolute atomic E-state index is 0.340. The fourth-order valence-electron chi connectivity index (χ4n) is 3.52. The maximum Gasteiger partial charge on any atom is 0.207 e. The summed E-state index contributed by atoms with van der Waals surface area (Å²) in [6.45, 7) is 3.16. The van der Waals surface area contributed by atoms with E-state index in [9.17, 15) is 0 Å². The zero-order chi connectivity index (χ0) is 13.9. The average Bonchev–Trinajstić information content (AvgIpc) is 2.91. The fourth-order valence-corrected chi connectivity index (χ4v) is 3.52. The Morgan fingerprint density at radius 2 is 2.00 bits per heavy atom. The molecule has 1 unspecified atom stereocenters. The van der Waals surface area contributed by atoms with Crippen LogP contribution in [0, 0.1) is 23.8 Å². The van der Waals surface area contributed by atoms with E-state index in [0.29, 0.717) is 12.0 Å². The summed E-state index contributed by atoms with van der Waals surface area (Å²) in [5.74, 6) is 1.33. The minimum Gasteiger partial charge on any atom is -0.355 e. The molecule has 1 aliphatic heterocycles. The van der Waals surface area contributed by atoms with Gasteiger partial charge < -0.3 is 4.90 Å². The Morgan fingerprint density at radius 3 is 2.60 bits per heavy atom. The highest BCUT2D eigenvalue weighted by atomic mass is 15.2. The Bertz CT molecular complexity index is 531. The topological polar surface area (TPSA) is 39.4 Å². The lowest BCUT2D eigenvalue weighted by Gasteiger charge is -2.38. The largest absolute Gasteiger partial charge is 0.355 e. The van der Waals surface area contributed by atoms with Crippen LogP contribution >= 0.6 is 0 Å². The van der Waals surface area contributed by atoms with Gasteiger partial charge in [0.15, 0.2) is 0 Å². The number of nitriles is 1. The van der Waals surface area contributed by atoms with Crippen molar-refractivity contribution in [1.82, 2.24) is 4.90 Å². The monoisotopic (exact) mass is 266 g/mol. The number of piperidine rings is 1. The maximum absolute atomic E-state index is 8.99. The van der Waals surface area contributed by atoms with Crippen LogP contribution in [0.25, 0.3) is 0 Å². The molecule has 1 radical (unpaired) electrons. The lowest BCUT2D eigenvalue weighted by Crippen LogP contribution is -2.48. The number of hydrogen-bond acceptors (Lipinski definition) is 2. The molecule has 0 aromatic heterocycles. The normalized spacial score (nSPS) is 24.7. The van der Waals surface area contributed by atoms with Gasteiger partial charge in [-0.15, -0.1) is 0 Å². The second kappa shape index (κ2) is 5.66. The van der Waals surface area contributed by atoms with Crippen LogP contribution in [0.15, 0.2) is 29.3 Å². The van der Waals surface area contributed by atoms with Gasteiger partial charge >= 0.3 is 0 Å². The summed E-state index contributed by atoms with van der Waals surface area (Å²) in [6, 6.07) is 9.16. The number of benzene rings is 1. The van der Waals surface area contributed by atoms with E-state index in [4.69, 9.17) is 5.26 Å². The van der Waals surface area contributed by atoms with Gasteiger partial charge in [0.1, 0.15) is 5.84 Å². The zero-order valence-electron chi connectivity index (χ0n) is 11.9. The van der Waals surface area contributed by atoms with Crippen molar-refractivity contribution in [2.75, 3.05) is 6.54 Å². The van der Waals surface area contributed by atoms with Crippen LogP contribution in [0.2, 0.25) is 0 Å². The lowest BCUT2D eigenvalue weighted by molar-refractivity contribution is 0.286. The molecule has 1 heterocycles. The van der Waals surface area contributed by atoms with Gasteiger partial charge in [-0.1, -0.05) is 31.2 Å². The molecule has 2 aliphatic rings. The number of hydrogen-bond donors (Lipinski definition) is 0. The van der Waals surface area contributed by atoms with E-state index in [1.54, 1.807) is 0 Å². The summed E-state index contributed by atoms with van der Waals surface area (Å²) < 4.78 is 0. The van der Waals surface area contributed by atoms with Crippen LogP contribution in [0.3, 0.4) is 0 Å². The number of amidine groups is 1. The minimum atomic E-state index is 0.340. The predicted octanol–water partition coefficient (Wildman–Crippen LogP) is 2.97. The second-order valence-corrected chi connectivity index (χ2v) is 5.63. The molecule has 3 rings (SSSR count). The first-order valence-corrected chi connectivity index (χ1v) is 7.47. The molecule has 3 heteroatoms. The third kappa shape index (κ3) is 2.31. The number of aliphatic imine (C=N–C) groups is 1. The van der Waals surface area contributed by atoms with Crippen LogP contribution in [0.4, 0.5) is 0 Å². The standard InChI is InChI=1S/C17H20N3/c1-2-13-8-5-9-20(17(13)19-12-18)16-10-14-6-3-4-7-15(14)11-16/h3-4,6-8,13,16H,2,5,9-11H2,1H3. The molecule has 0 N–H and O–H groups in total. The second-order valence-electron chi connectivity index (χ2n) is 5.63. The van der Waals surface area contributed by atoms with Crippen molar-refractivity contribution in [3.8, 4) is 6.19 Å². The van der Waals surface area contributed by atoms with Gasteiger partial charge in [-0.2, -0.15) is 10.3 Å². The molecule has 1 aromatic rings. The molecular formula is C17H20N3. The highest BCUT2D eigenvalue weighted by Crippen LogP contribution is 2.30. The first-order chi connectivity index (χ1) is 9.83. The van der Waals surface area contributed by atoms with Crippen molar-refractivity contribution in [3.63, 3.8) is 0 Å². The smallest absolute Gasteiger partial charge is 0.207 e. The van der Waals surface area contributed by atoms with Gasteiger partial charge in [-0.05, 0) is 43.2 Å². The Kier molecular flexibility index (Phi) is 3.73. The molecule has 1 atom stereocenters. The highest BCUT2D eigenvalue weighted by molar-refractivity contribution is 5.87. The molecule has 0 amide bonds. The fraction of sp³-hybridized carbons (Fsp3) is 0.471. The van der Waals surface area contributed by atoms with Crippen molar-refractivity contribution < 1.29 is 0 Å². The molecule has 20 heavy (non-hydrogen) atoms. The third-order valence-electron chi connectivity index (χ3n) is 4.52. The van der Waals surface area contributed by atoms with E-state index in [-0.39, 0.29) is 0 Å². The van der Waals surface area contributed by atoms with E-state index in [1.807, 2.05) is 6.19 Å². The summed E-state index contributed by atoms with van der Waals surface area (Å²) in [6.07, 6.45) is 8.60. The lowest BCUT2D eigenvalue weighted by atomic mass is 9.92. The van der Waals surface area contributed by atoms with Crippen molar-refractivity contribution in [2.45, 2.75) is 38.6 Å². The summed E-state index contributed by atoms with van der Waals surface area (Å²) in [7, 11) is 0. The molecule has 1 fully saturated rings. The van der Waals surface area contributed by atoms with E-state index < -0.39 is 0 Å². The van der Waals surface area contributed by atoms with Gasteiger partial charge in [0.05, 0.1) is 0 Å². The van der Waals surface area contributed by atoms with Gasteiger partial charge in [0.25, 0.3) is 0 Å². The van der Waals surface area contributed by atoms with Crippen LogP contribution < -0.4 is 0 Å². The molecule has 0 spiro atoms. The quantitative estimate of drug-likeness (QED) is 0.772. The van der Waals surface area contributed by atoms with Crippen LogP contribution in [0.1, 0.15) is 30.9 Å². The van der Waals surface area contributed by atoms with Gasteiger partial charge in [0.2, 0.25) is 6.19 Å². The number of rotatable bonds is 2. The van der Waals surface area contributed by atoms with Gasteiger partial charge in [-0.25, -0.2) is 0 Å².